The number of halogens is 2. The second-order valence-electron chi connectivity index (χ2n) is 10.6. The number of amides is 1. The van der Waals surface area contributed by atoms with Crippen molar-refractivity contribution in [3.8, 4) is 5.69 Å². The molecule has 0 saturated heterocycles. The van der Waals surface area contributed by atoms with Gasteiger partial charge in [-0.2, -0.15) is 16.9 Å². The summed E-state index contributed by atoms with van der Waals surface area (Å²) >= 11 is 13.9. The minimum absolute atomic E-state index is 0.0481. The van der Waals surface area contributed by atoms with Gasteiger partial charge in [-0.1, -0.05) is 69.5 Å². The molecule has 0 spiro atoms. The molecule has 44 heavy (non-hydrogen) atoms. The van der Waals surface area contributed by atoms with Crippen LogP contribution in [-0.2, 0) is 9.59 Å². The number of hydrogen-bond acceptors (Lipinski definition) is 7. The third-order valence-corrected chi connectivity index (χ3v) is 8.67. The van der Waals surface area contributed by atoms with Gasteiger partial charge in [0.05, 0.1) is 29.5 Å². The molecule has 0 bridgehead atoms. The van der Waals surface area contributed by atoms with Gasteiger partial charge >= 0.3 is 0 Å². The molecule has 1 amide bonds. The molecule has 0 aliphatic heterocycles. The highest BCUT2D eigenvalue weighted by atomic mass is 35.5. The number of Topliss-reactive ketones (excluding diaryl/α,β-unsaturated/α-hetero) is 1. The second-order valence-corrected chi connectivity index (χ2v) is 12.4. The summed E-state index contributed by atoms with van der Waals surface area (Å²) in [6.07, 6.45) is 17.5. The Morgan fingerprint density at radius 2 is 2.05 bits per heavy atom. The zero-order valence-corrected chi connectivity index (χ0v) is 28.5. The second kappa shape index (κ2) is 20.1. The lowest BCUT2D eigenvalue weighted by Gasteiger charge is -2.18. The van der Waals surface area contributed by atoms with Crippen molar-refractivity contribution in [2.24, 2.45) is 16.8 Å². The summed E-state index contributed by atoms with van der Waals surface area (Å²) in [6, 6.07) is 3.64. The standard InChI is InChI=1S/C33H44Cl2N6O2S/c1-6-11-25(29(32(34)36)21-38-26(8-3)13-9-12-24(4)7-2)15-16-28(42)17-19-44-23-31(43)40(5)30-22-41(39-33(30)35)27-14-10-18-37-20-27/h8-10,13-14,18,20-22,24-25,36H,3,6-7,11-12,15-17,19,23H2,1-2,4-5H3/b13-9-,29-21-,36-32?,38-26+. The van der Waals surface area contributed by atoms with Crippen LogP contribution in [0.2, 0.25) is 5.15 Å². The fourth-order valence-electron chi connectivity index (χ4n) is 4.27. The predicted octanol–water partition coefficient (Wildman–Crippen LogP) is 8.49. The van der Waals surface area contributed by atoms with Crippen molar-refractivity contribution >= 4 is 63.2 Å². The van der Waals surface area contributed by atoms with E-state index in [2.05, 4.69) is 48.5 Å². The molecule has 2 atom stereocenters. The van der Waals surface area contributed by atoms with Crippen LogP contribution in [0, 0.1) is 17.2 Å². The number of thioether (sulfide) groups is 1. The quantitative estimate of drug-likeness (QED) is 0.113. The Bertz CT molecular complexity index is 1340. The van der Waals surface area contributed by atoms with E-state index in [1.165, 1.54) is 16.7 Å². The third-order valence-electron chi connectivity index (χ3n) is 7.24. The Labute approximate surface area is 276 Å². The number of anilines is 1. The number of allylic oxidation sites excluding steroid dienone is 4. The van der Waals surface area contributed by atoms with Crippen LogP contribution >= 0.6 is 35.0 Å². The maximum absolute atomic E-state index is 12.8. The molecule has 2 aromatic heterocycles. The lowest BCUT2D eigenvalue weighted by Crippen LogP contribution is -2.28. The molecule has 11 heteroatoms. The lowest BCUT2D eigenvalue weighted by molar-refractivity contribution is -0.119. The minimum atomic E-state index is -0.136. The smallest absolute Gasteiger partial charge is 0.236 e. The van der Waals surface area contributed by atoms with E-state index in [9.17, 15) is 9.59 Å². The van der Waals surface area contributed by atoms with Crippen molar-refractivity contribution in [1.29, 1.82) is 5.41 Å². The predicted molar refractivity (Wildman–Crippen MR) is 187 cm³/mol. The normalized spacial score (nSPS) is 13.6. The summed E-state index contributed by atoms with van der Waals surface area (Å²) in [5.41, 5.74) is 2.57. The zero-order valence-electron chi connectivity index (χ0n) is 26.1. The molecule has 2 aromatic rings. The van der Waals surface area contributed by atoms with Crippen molar-refractivity contribution in [3.05, 3.63) is 72.5 Å². The van der Waals surface area contributed by atoms with Gasteiger partial charge in [-0.05, 0) is 55.4 Å². The number of aromatic nitrogens is 3. The third kappa shape index (κ3) is 12.5. The van der Waals surface area contributed by atoms with E-state index < -0.39 is 0 Å². The number of hydrogen-bond donors (Lipinski definition) is 1. The van der Waals surface area contributed by atoms with Crippen molar-refractivity contribution in [2.75, 3.05) is 23.5 Å². The Balaban J connectivity index is 1.89. The van der Waals surface area contributed by atoms with E-state index in [0.29, 0.717) is 47.9 Å². The van der Waals surface area contributed by atoms with Gasteiger partial charge in [0, 0.05) is 43.6 Å². The first kappa shape index (κ1) is 37.2. The van der Waals surface area contributed by atoms with Crippen LogP contribution < -0.4 is 4.90 Å². The maximum atomic E-state index is 12.8. The van der Waals surface area contributed by atoms with Gasteiger partial charge in [0.15, 0.2) is 5.15 Å². The highest BCUT2D eigenvalue weighted by Gasteiger charge is 2.20. The van der Waals surface area contributed by atoms with Crippen LogP contribution in [0.15, 0.2) is 72.3 Å². The van der Waals surface area contributed by atoms with E-state index in [4.69, 9.17) is 28.6 Å². The Hall–Kier alpha value is -3.01. The van der Waals surface area contributed by atoms with Crippen LogP contribution in [0.3, 0.4) is 0 Å². The highest BCUT2D eigenvalue weighted by molar-refractivity contribution is 7.99. The lowest BCUT2D eigenvalue weighted by atomic mass is 9.89. The molecule has 1 N–H and O–H groups in total. The SMILES string of the molecule is C=CC(/C=C\CC(C)CC)=N\C=C(/C(=N)Cl)C(CCC)CCC(=O)CCSCC(=O)N(C)c1cn(-c2cccnc2)nc1Cl. The molecule has 0 radical (unpaired) electrons. The zero-order chi connectivity index (χ0) is 32.5. The Kier molecular flexibility index (Phi) is 17.0. The number of nitrogens with one attached hydrogen (secondary N) is 1. The van der Waals surface area contributed by atoms with E-state index >= 15 is 0 Å². The number of aliphatic imine (C=N–C) groups is 1. The van der Waals surface area contributed by atoms with Crippen LogP contribution in [-0.4, -0.2) is 55.9 Å². The Morgan fingerprint density at radius 3 is 2.68 bits per heavy atom. The highest BCUT2D eigenvalue weighted by Crippen LogP contribution is 2.27. The molecule has 2 unspecified atom stereocenters. The number of carbonyl (C=O) groups excluding carboxylic acids is 2. The summed E-state index contributed by atoms with van der Waals surface area (Å²) in [4.78, 5) is 35.6. The first-order chi connectivity index (χ1) is 21.1. The topological polar surface area (TPSA) is 104 Å². The number of ketones is 1. The molecule has 0 fully saturated rings. The average molecular weight is 660 g/mol. The minimum Gasteiger partial charge on any atom is -0.311 e. The van der Waals surface area contributed by atoms with Gasteiger partial charge in [0.1, 0.15) is 16.6 Å². The number of carbonyl (C=O) groups is 2. The number of rotatable bonds is 20. The van der Waals surface area contributed by atoms with Crippen LogP contribution in [0.25, 0.3) is 5.69 Å². The molecule has 2 heterocycles. The molecule has 2 rings (SSSR count). The molecule has 0 saturated carbocycles. The first-order valence-corrected chi connectivity index (χ1v) is 16.8. The molecular formula is C33H44Cl2N6O2S. The molecule has 0 aromatic carbocycles. The average Bonchev–Trinajstić information content (AvgIpc) is 3.41. The van der Waals surface area contributed by atoms with Gasteiger partial charge in [0.25, 0.3) is 0 Å². The summed E-state index contributed by atoms with van der Waals surface area (Å²) < 4.78 is 1.58. The molecular weight excluding hydrogens is 615 g/mol. The van der Waals surface area contributed by atoms with E-state index in [1.807, 2.05) is 12.1 Å². The fourth-order valence-corrected chi connectivity index (χ4v) is 5.61. The van der Waals surface area contributed by atoms with Crippen LogP contribution in [0.5, 0.6) is 0 Å². The van der Waals surface area contributed by atoms with E-state index in [-0.39, 0.29) is 33.7 Å². The monoisotopic (exact) mass is 658 g/mol. The van der Waals surface area contributed by atoms with Gasteiger partial charge in [-0.25, -0.2) is 4.68 Å². The molecule has 8 nitrogen and oxygen atoms in total. The fraction of sp³-hybridized carbons (Fsp3) is 0.455. The number of nitrogens with zero attached hydrogens (tertiary/aromatic N) is 5. The Morgan fingerprint density at radius 1 is 1.27 bits per heavy atom. The number of pyridine rings is 1. The van der Waals surface area contributed by atoms with Gasteiger partial charge in [-0.15, -0.1) is 0 Å². The van der Waals surface area contributed by atoms with Crippen molar-refractivity contribution in [3.63, 3.8) is 0 Å². The van der Waals surface area contributed by atoms with Crippen LogP contribution in [0.1, 0.15) is 65.7 Å². The molecule has 0 aliphatic rings. The first-order valence-electron chi connectivity index (χ1n) is 14.9. The van der Waals surface area contributed by atoms with Crippen molar-refractivity contribution in [1.82, 2.24) is 14.8 Å². The van der Waals surface area contributed by atoms with Crippen LogP contribution in [0.4, 0.5) is 5.69 Å². The summed E-state index contributed by atoms with van der Waals surface area (Å²) in [5, 5.41) is 12.6. The van der Waals surface area contributed by atoms with E-state index in [0.717, 1.165) is 31.4 Å². The summed E-state index contributed by atoms with van der Waals surface area (Å²) in [6.45, 7) is 10.3. The largest absolute Gasteiger partial charge is 0.311 e. The van der Waals surface area contributed by atoms with Gasteiger partial charge in [-0.3, -0.25) is 25.0 Å². The van der Waals surface area contributed by atoms with Crippen molar-refractivity contribution < 1.29 is 9.59 Å². The maximum Gasteiger partial charge on any atom is 0.236 e. The van der Waals surface area contributed by atoms with Crippen molar-refractivity contribution in [2.45, 2.75) is 65.7 Å². The van der Waals surface area contributed by atoms with Gasteiger partial charge in [0.2, 0.25) is 5.91 Å². The van der Waals surface area contributed by atoms with E-state index in [1.54, 1.807) is 48.7 Å². The van der Waals surface area contributed by atoms with Gasteiger partial charge < -0.3 is 4.90 Å². The summed E-state index contributed by atoms with van der Waals surface area (Å²) in [5.74, 6) is 1.27. The molecule has 238 valence electrons. The summed E-state index contributed by atoms with van der Waals surface area (Å²) in [7, 11) is 1.66. The molecule has 0 aliphatic carbocycles.